The smallest absolute Gasteiger partial charge is 0.410 e. The van der Waals surface area contributed by atoms with Crippen molar-refractivity contribution in [1.82, 2.24) is 10.2 Å². The average Bonchev–Trinajstić information content (AvgIpc) is 2.74. The molecule has 0 saturated carbocycles. The number of ether oxygens (including phenoxy) is 1. The Balaban J connectivity index is 0. The fourth-order valence-electron chi connectivity index (χ4n) is 2.39. The quantitative estimate of drug-likeness (QED) is 0.719. The Kier molecular flexibility index (Phi) is 12.7. The lowest BCUT2D eigenvalue weighted by Crippen LogP contribution is -2.55. The molecule has 1 amide bonds. The van der Waals surface area contributed by atoms with Crippen molar-refractivity contribution in [3.05, 3.63) is 0 Å². The Bertz CT molecular complexity index is 246. The summed E-state index contributed by atoms with van der Waals surface area (Å²) >= 11 is 0. The maximum atomic E-state index is 12.0. The van der Waals surface area contributed by atoms with Crippen LogP contribution in [0.5, 0.6) is 0 Å². The van der Waals surface area contributed by atoms with Crippen LogP contribution in [0.15, 0.2) is 0 Å². The molecule has 2 heterocycles. The van der Waals surface area contributed by atoms with Gasteiger partial charge in [-0.3, -0.25) is 4.90 Å². The van der Waals surface area contributed by atoms with Crippen LogP contribution >= 0.6 is 0 Å². The fraction of sp³-hybridized carbons (Fsp3) is 0.941. The first-order chi connectivity index (χ1) is 9.97. The maximum Gasteiger partial charge on any atom is 0.410 e. The highest BCUT2D eigenvalue weighted by Gasteiger charge is 2.41. The topological polar surface area (TPSA) is 41.6 Å². The van der Waals surface area contributed by atoms with Gasteiger partial charge in [0.2, 0.25) is 0 Å². The minimum atomic E-state index is -0.388. The van der Waals surface area contributed by atoms with Crippen molar-refractivity contribution >= 4 is 6.09 Å². The number of hydrogen-bond donors (Lipinski definition) is 1. The van der Waals surface area contributed by atoms with Crippen molar-refractivity contribution in [3.63, 3.8) is 0 Å². The van der Waals surface area contributed by atoms with E-state index in [1.807, 2.05) is 67.2 Å². The fourth-order valence-corrected chi connectivity index (χ4v) is 2.39. The monoisotopic (exact) mass is 302 g/mol. The molecule has 2 aliphatic rings. The number of carbonyl (C=O) groups excluding carboxylic acids is 1. The van der Waals surface area contributed by atoms with Gasteiger partial charge in [-0.25, -0.2) is 4.79 Å². The first kappa shape index (κ1) is 22.5. The van der Waals surface area contributed by atoms with E-state index < -0.39 is 0 Å². The maximum absolute atomic E-state index is 12.0. The van der Waals surface area contributed by atoms with Crippen molar-refractivity contribution in [3.8, 4) is 0 Å². The minimum Gasteiger partial charge on any atom is -0.444 e. The van der Waals surface area contributed by atoms with E-state index in [-0.39, 0.29) is 11.7 Å². The average molecular weight is 303 g/mol. The number of hydrogen-bond acceptors (Lipinski definition) is 3. The number of carbonyl (C=O) groups is 1. The predicted octanol–water partition coefficient (Wildman–Crippen LogP) is 4.44. The molecule has 4 nitrogen and oxygen atoms in total. The molecule has 2 aliphatic heterocycles. The Morgan fingerprint density at radius 2 is 1.33 bits per heavy atom. The Hall–Kier alpha value is -0.770. The summed E-state index contributed by atoms with van der Waals surface area (Å²) in [6.07, 6.45) is 2.07. The summed E-state index contributed by atoms with van der Waals surface area (Å²) in [6, 6.07) is 0.692. The van der Waals surface area contributed by atoms with Crippen LogP contribution < -0.4 is 5.32 Å². The van der Waals surface area contributed by atoms with Gasteiger partial charge in [-0.15, -0.1) is 0 Å². The SMILES string of the molecule is CC.CC.CC.CC(C)(C)OC(=O)N1C2CCC1CNC2. The normalized spacial score (nSPS) is 22.6. The van der Waals surface area contributed by atoms with E-state index in [1.165, 1.54) is 0 Å². The molecule has 0 aromatic carbocycles. The first-order valence-electron chi connectivity index (χ1n) is 8.69. The van der Waals surface area contributed by atoms with E-state index in [1.54, 1.807) is 0 Å². The molecule has 2 atom stereocenters. The van der Waals surface area contributed by atoms with Gasteiger partial charge in [-0.05, 0) is 33.6 Å². The molecule has 0 aromatic heterocycles. The molecule has 0 radical (unpaired) electrons. The number of amides is 1. The molecule has 0 aromatic rings. The molecular formula is C17H38N2O2. The third-order valence-electron chi connectivity index (χ3n) is 2.98. The van der Waals surface area contributed by atoms with Crippen molar-refractivity contribution in [2.24, 2.45) is 0 Å². The molecule has 2 saturated heterocycles. The summed E-state index contributed by atoms with van der Waals surface area (Å²) in [4.78, 5) is 13.9. The van der Waals surface area contributed by atoms with Crippen LogP contribution in [0.3, 0.4) is 0 Å². The van der Waals surface area contributed by atoms with Gasteiger partial charge in [-0.1, -0.05) is 41.5 Å². The molecule has 128 valence electrons. The number of piperazine rings is 1. The molecule has 21 heavy (non-hydrogen) atoms. The van der Waals surface area contributed by atoms with E-state index >= 15 is 0 Å². The van der Waals surface area contributed by atoms with Crippen LogP contribution in [-0.4, -0.2) is 41.8 Å². The molecule has 0 aliphatic carbocycles. The van der Waals surface area contributed by atoms with Gasteiger partial charge in [0.25, 0.3) is 0 Å². The van der Waals surface area contributed by atoms with Crippen molar-refractivity contribution < 1.29 is 9.53 Å². The zero-order valence-corrected chi connectivity index (χ0v) is 15.7. The van der Waals surface area contributed by atoms with E-state index in [0.717, 1.165) is 25.9 Å². The van der Waals surface area contributed by atoms with E-state index in [0.29, 0.717) is 12.1 Å². The summed E-state index contributed by atoms with van der Waals surface area (Å²) in [6.45, 7) is 19.6. The molecule has 2 rings (SSSR count). The van der Waals surface area contributed by atoms with Gasteiger partial charge in [0.15, 0.2) is 0 Å². The van der Waals surface area contributed by atoms with Crippen LogP contribution in [0.25, 0.3) is 0 Å². The second-order valence-electron chi connectivity index (χ2n) is 5.43. The molecule has 0 spiro atoms. The number of fused-ring (bicyclic) bond motifs is 2. The highest BCUT2D eigenvalue weighted by molar-refractivity contribution is 5.69. The number of nitrogens with zero attached hydrogens (tertiary/aromatic N) is 1. The number of rotatable bonds is 0. The highest BCUT2D eigenvalue weighted by atomic mass is 16.6. The van der Waals surface area contributed by atoms with Gasteiger partial charge in [0, 0.05) is 25.2 Å². The summed E-state index contributed by atoms with van der Waals surface area (Å²) < 4.78 is 5.42. The van der Waals surface area contributed by atoms with Crippen LogP contribution in [0, 0.1) is 0 Å². The van der Waals surface area contributed by atoms with E-state index in [9.17, 15) is 4.79 Å². The lowest BCUT2D eigenvalue weighted by atomic mass is 10.2. The summed E-state index contributed by atoms with van der Waals surface area (Å²) in [5.74, 6) is 0. The lowest BCUT2D eigenvalue weighted by Gasteiger charge is -2.36. The Morgan fingerprint density at radius 3 is 1.67 bits per heavy atom. The van der Waals surface area contributed by atoms with E-state index in [4.69, 9.17) is 4.74 Å². The van der Waals surface area contributed by atoms with Crippen molar-refractivity contribution in [2.75, 3.05) is 13.1 Å². The molecule has 1 N–H and O–H groups in total. The van der Waals surface area contributed by atoms with Gasteiger partial charge >= 0.3 is 6.09 Å². The van der Waals surface area contributed by atoms with Crippen LogP contribution in [0.1, 0.15) is 75.2 Å². The molecule has 2 unspecified atom stereocenters. The number of nitrogens with one attached hydrogen (secondary N) is 1. The summed E-state index contributed by atoms with van der Waals surface area (Å²) in [5.41, 5.74) is -0.388. The Labute approximate surface area is 132 Å². The minimum absolute atomic E-state index is 0.142. The predicted molar refractivity (Wildman–Crippen MR) is 91.8 cm³/mol. The zero-order valence-electron chi connectivity index (χ0n) is 15.7. The van der Waals surface area contributed by atoms with Gasteiger partial charge in [0.1, 0.15) is 5.60 Å². The zero-order chi connectivity index (χ0) is 17.1. The Morgan fingerprint density at radius 1 is 0.952 bits per heavy atom. The van der Waals surface area contributed by atoms with Gasteiger partial charge < -0.3 is 10.1 Å². The first-order valence-corrected chi connectivity index (χ1v) is 8.69. The highest BCUT2D eigenvalue weighted by Crippen LogP contribution is 2.28. The summed E-state index contributed by atoms with van der Waals surface area (Å²) in [7, 11) is 0. The lowest BCUT2D eigenvalue weighted by molar-refractivity contribution is 0.0102. The third kappa shape index (κ3) is 7.70. The van der Waals surface area contributed by atoms with Crippen LogP contribution in [0.4, 0.5) is 4.79 Å². The van der Waals surface area contributed by atoms with E-state index in [2.05, 4.69) is 5.32 Å². The molecule has 2 bridgehead atoms. The second kappa shape index (κ2) is 11.8. The van der Waals surface area contributed by atoms with Crippen LogP contribution in [-0.2, 0) is 4.74 Å². The van der Waals surface area contributed by atoms with Gasteiger partial charge in [0.05, 0.1) is 0 Å². The van der Waals surface area contributed by atoms with Crippen molar-refractivity contribution in [1.29, 1.82) is 0 Å². The van der Waals surface area contributed by atoms with Gasteiger partial charge in [-0.2, -0.15) is 0 Å². The standard InChI is InChI=1S/C11H20N2O2.3C2H6/c1-11(2,3)15-10(14)13-8-4-5-9(13)7-12-6-8;3*1-2/h8-9,12H,4-7H2,1-3H3;3*1-2H3. The largest absolute Gasteiger partial charge is 0.444 e. The second-order valence-corrected chi connectivity index (χ2v) is 5.43. The molecular weight excluding hydrogens is 264 g/mol. The third-order valence-corrected chi connectivity index (χ3v) is 2.98. The molecule has 4 heteroatoms. The summed E-state index contributed by atoms with van der Waals surface area (Å²) in [5, 5.41) is 3.35. The van der Waals surface area contributed by atoms with Crippen molar-refractivity contribution in [2.45, 2.75) is 92.8 Å². The molecule has 2 fully saturated rings. The van der Waals surface area contributed by atoms with Crippen LogP contribution in [0.2, 0.25) is 0 Å².